The second-order valence-electron chi connectivity index (χ2n) is 3.87. The summed E-state index contributed by atoms with van der Waals surface area (Å²) in [5, 5.41) is 12.8. The van der Waals surface area contributed by atoms with Gasteiger partial charge in [-0.1, -0.05) is 6.07 Å². The number of halogens is 1. The molecule has 1 aromatic rings. The maximum absolute atomic E-state index is 12.8. The van der Waals surface area contributed by atoms with Crippen LogP contribution in [0.4, 0.5) is 4.39 Å². The van der Waals surface area contributed by atoms with Gasteiger partial charge in [-0.3, -0.25) is 0 Å². The molecule has 16 heavy (non-hydrogen) atoms. The first-order valence-corrected chi connectivity index (χ1v) is 5.57. The fraction of sp³-hybridized carbons (Fsp3) is 0.500. The Balaban J connectivity index is 2.49. The Hall–Kier alpha value is -1.13. The minimum atomic E-state index is -0.420. The smallest absolute Gasteiger partial charge is 0.126 e. The first-order chi connectivity index (χ1) is 7.65. The zero-order valence-corrected chi connectivity index (χ0v) is 9.54. The topological polar surface area (TPSA) is 58.3 Å². The molecule has 1 unspecified atom stereocenters. The van der Waals surface area contributed by atoms with E-state index in [0.29, 0.717) is 12.1 Å². The molecule has 1 aromatic carbocycles. The van der Waals surface area contributed by atoms with Gasteiger partial charge in [-0.05, 0) is 38.9 Å². The highest BCUT2D eigenvalue weighted by Gasteiger charge is 2.09. The summed E-state index contributed by atoms with van der Waals surface area (Å²) >= 11 is 0. The predicted octanol–water partition coefficient (Wildman–Crippen LogP) is 1.92. The Kier molecular flexibility index (Phi) is 5.22. The Bertz CT molecular complexity index is 331. The minimum absolute atomic E-state index is 0.00109. The van der Waals surface area contributed by atoms with Gasteiger partial charge < -0.3 is 16.2 Å². The van der Waals surface area contributed by atoms with E-state index in [1.54, 1.807) is 6.07 Å². The van der Waals surface area contributed by atoms with Crippen molar-refractivity contribution in [3.05, 3.63) is 29.6 Å². The van der Waals surface area contributed by atoms with Crippen molar-refractivity contribution in [2.75, 3.05) is 13.1 Å². The molecule has 1 atom stereocenters. The van der Waals surface area contributed by atoms with Crippen LogP contribution in [0.2, 0.25) is 0 Å². The van der Waals surface area contributed by atoms with Crippen molar-refractivity contribution in [1.82, 2.24) is 5.32 Å². The molecular weight excluding hydrogens is 207 g/mol. The number of aromatic hydroxyl groups is 1. The van der Waals surface area contributed by atoms with Gasteiger partial charge in [0, 0.05) is 17.7 Å². The monoisotopic (exact) mass is 226 g/mol. The van der Waals surface area contributed by atoms with Crippen molar-refractivity contribution in [3.63, 3.8) is 0 Å². The molecule has 0 radical (unpaired) electrons. The third-order valence-corrected chi connectivity index (χ3v) is 2.54. The molecular formula is C12H19FN2O. The summed E-state index contributed by atoms with van der Waals surface area (Å²) in [7, 11) is 0. The largest absolute Gasteiger partial charge is 0.508 e. The van der Waals surface area contributed by atoms with Crippen molar-refractivity contribution in [3.8, 4) is 5.75 Å². The molecule has 3 nitrogen and oxygen atoms in total. The minimum Gasteiger partial charge on any atom is -0.508 e. The molecule has 0 aromatic heterocycles. The number of benzene rings is 1. The van der Waals surface area contributed by atoms with Gasteiger partial charge in [-0.25, -0.2) is 4.39 Å². The van der Waals surface area contributed by atoms with Gasteiger partial charge in [-0.15, -0.1) is 0 Å². The predicted molar refractivity (Wildman–Crippen MR) is 62.8 cm³/mol. The van der Waals surface area contributed by atoms with Crippen LogP contribution >= 0.6 is 0 Å². The molecule has 0 bridgehead atoms. The highest BCUT2D eigenvalue weighted by atomic mass is 19.1. The molecule has 0 saturated heterocycles. The van der Waals surface area contributed by atoms with Crippen molar-refractivity contribution < 1.29 is 9.50 Å². The van der Waals surface area contributed by atoms with Crippen LogP contribution in [0.1, 0.15) is 31.4 Å². The molecule has 0 saturated carbocycles. The second kappa shape index (κ2) is 6.45. The van der Waals surface area contributed by atoms with E-state index in [0.717, 1.165) is 25.5 Å². The van der Waals surface area contributed by atoms with Crippen LogP contribution in [0.15, 0.2) is 18.2 Å². The van der Waals surface area contributed by atoms with Gasteiger partial charge in [0.15, 0.2) is 0 Å². The number of phenolic OH excluding ortho intramolecular Hbond substituents is 1. The van der Waals surface area contributed by atoms with Crippen molar-refractivity contribution in [2.24, 2.45) is 5.73 Å². The van der Waals surface area contributed by atoms with E-state index in [1.165, 1.54) is 6.07 Å². The van der Waals surface area contributed by atoms with Crippen LogP contribution < -0.4 is 11.1 Å². The third-order valence-electron chi connectivity index (χ3n) is 2.54. The van der Waals surface area contributed by atoms with Crippen LogP contribution in [-0.4, -0.2) is 18.2 Å². The number of nitrogens with two attached hydrogens (primary N) is 1. The Morgan fingerprint density at radius 3 is 2.81 bits per heavy atom. The molecule has 1 rings (SSSR count). The molecule has 0 aliphatic carbocycles. The van der Waals surface area contributed by atoms with Gasteiger partial charge in [0.2, 0.25) is 0 Å². The van der Waals surface area contributed by atoms with Crippen molar-refractivity contribution >= 4 is 0 Å². The van der Waals surface area contributed by atoms with Gasteiger partial charge >= 0.3 is 0 Å². The maximum Gasteiger partial charge on any atom is 0.126 e. The molecule has 0 fully saturated rings. The molecule has 4 heteroatoms. The number of rotatable bonds is 6. The van der Waals surface area contributed by atoms with Crippen LogP contribution in [-0.2, 0) is 0 Å². The lowest BCUT2D eigenvalue weighted by Gasteiger charge is -2.15. The van der Waals surface area contributed by atoms with Crippen LogP contribution in [0.3, 0.4) is 0 Å². The summed E-state index contributed by atoms with van der Waals surface area (Å²) in [5.74, 6) is -0.421. The van der Waals surface area contributed by atoms with Gasteiger partial charge in [-0.2, -0.15) is 0 Å². The Morgan fingerprint density at radius 2 is 2.19 bits per heavy atom. The summed E-state index contributed by atoms with van der Waals surface area (Å²) < 4.78 is 12.8. The van der Waals surface area contributed by atoms with E-state index in [4.69, 9.17) is 5.73 Å². The first kappa shape index (κ1) is 12.9. The van der Waals surface area contributed by atoms with E-state index in [-0.39, 0.29) is 11.8 Å². The highest BCUT2D eigenvalue weighted by molar-refractivity contribution is 5.34. The number of hydrogen-bond acceptors (Lipinski definition) is 3. The normalized spacial score (nSPS) is 12.7. The number of nitrogens with one attached hydrogen (secondary N) is 1. The molecule has 4 N–H and O–H groups in total. The lowest BCUT2D eigenvalue weighted by Crippen LogP contribution is -2.20. The van der Waals surface area contributed by atoms with Crippen LogP contribution in [0, 0.1) is 5.82 Å². The van der Waals surface area contributed by atoms with Gasteiger partial charge in [0.05, 0.1) is 0 Å². The summed E-state index contributed by atoms with van der Waals surface area (Å²) in [6.07, 6.45) is 1.98. The summed E-state index contributed by atoms with van der Waals surface area (Å²) in [4.78, 5) is 0. The number of hydrogen-bond donors (Lipinski definition) is 3. The molecule has 90 valence electrons. The van der Waals surface area contributed by atoms with Crippen molar-refractivity contribution in [2.45, 2.75) is 25.8 Å². The van der Waals surface area contributed by atoms with Crippen LogP contribution in [0.5, 0.6) is 5.75 Å². The maximum atomic E-state index is 12.8. The van der Waals surface area contributed by atoms with Gasteiger partial charge in [0.25, 0.3) is 0 Å². The number of phenols is 1. The van der Waals surface area contributed by atoms with Crippen molar-refractivity contribution in [1.29, 1.82) is 0 Å². The van der Waals surface area contributed by atoms with Gasteiger partial charge in [0.1, 0.15) is 11.6 Å². The quantitative estimate of drug-likeness (QED) is 0.649. The first-order valence-electron chi connectivity index (χ1n) is 5.57. The zero-order valence-electron chi connectivity index (χ0n) is 9.54. The fourth-order valence-electron chi connectivity index (χ4n) is 1.58. The average Bonchev–Trinajstić information content (AvgIpc) is 2.24. The molecule has 0 heterocycles. The number of unbranched alkanes of at least 4 members (excludes halogenated alkanes) is 1. The second-order valence-corrected chi connectivity index (χ2v) is 3.87. The lowest BCUT2D eigenvalue weighted by molar-refractivity contribution is 0.445. The Labute approximate surface area is 95.5 Å². The molecule has 0 spiro atoms. The standard InChI is InChI=1S/C12H19FN2O/c1-9(15-7-3-2-6-14)11-5-4-10(13)8-12(11)16/h4-5,8-9,15-16H,2-3,6-7,14H2,1H3. The fourth-order valence-corrected chi connectivity index (χ4v) is 1.58. The summed E-state index contributed by atoms with van der Waals surface area (Å²) in [5.41, 5.74) is 6.10. The molecule has 0 amide bonds. The zero-order chi connectivity index (χ0) is 12.0. The summed E-state index contributed by atoms with van der Waals surface area (Å²) in [6.45, 7) is 3.47. The summed E-state index contributed by atoms with van der Waals surface area (Å²) in [6, 6.07) is 4.10. The van der Waals surface area contributed by atoms with E-state index < -0.39 is 5.82 Å². The Morgan fingerprint density at radius 1 is 1.44 bits per heavy atom. The van der Waals surface area contributed by atoms with E-state index in [9.17, 15) is 9.50 Å². The lowest BCUT2D eigenvalue weighted by atomic mass is 10.1. The highest BCUT2D eigenvalue weighted by Crippen LogP contribution is 2.24. The third kappa shape index (κ3) is 3.79. The SMILES string of the molecule is CC(NCCCCN)c1ccc(F)cc1O. The van der Waals surface area contributed by atoms with E-state index in [2.05, 4.69) is 5.32 Å². The van der Waals surface area contributed by atoms with Crippen LogP contribution in [0.25, 0.3) is 0 Å². The average molecular weight is 226 g/mol. The van der Waals surface area contributed by atoms with E-state index in [1.807, 2.05) is 6.92 Å². The molecule has 0 aliphatic heterocycles. The van der Waals surface area contributed by atoms with E-state index >= 15 is 0 Å². The molecule has 0 aliphatic rings.